The Morgan fingerprint density at radius 1 is 1.15 bits per heavy atom. The van der Waals surface area contributed by atoms with Crippen LogP contribution in [0.5, 0.6) is 0 Å². The molecule has 0 bridgehead atoms. The van der Waals surface area contributed by atoms with Gasteiger partial charge in [0.1, 0.15) is 9.88 Å². The lowest BCUT2D eigenvalue weighted by atomic mass is 10.4. The largest absolute Gasteiger partial charge is 0.333 e. The summed E-state index contributed by atoms with van der Waals surface area (Å²) in [5, 5.41) is 4.74. The molecule has 7 nitrogen and oxygen atoms in total. The number of hydrogen-bond donors (Lipinski definition) is 1. The van der Waals surface area contributed by atoms with Crippen molar-refractivity contribution in [2.24, 2.45) is 5.73 Å². The van der Waals surface area contributed by atoms with E-state index in [9.17, 15) is 0 Å². The molecule has 20 heavy (non-hydrogen) atoms. The molecule has 2 N–H and O–H groups in total. The average molecular weight is 288 g/mol. The number of rotatable bonds is 3. The molecule has 0 saturated carbocycles. The van der Waals surface area contributed by atoms with Crippen LogP contribution >= 0.6 is 11.3 Å². The van der Waals surface area contributed by atoms with Crippen molar-refractivity contribution in [1.29, 1.82) is 0 Å². The summed E-state index contributed by atoms with van der Waals surface area (Å²) in [4.78, 5) is 17.8. The highest BCUT2D eigenvalue weighted by Crippen LogP contribution is 2.29. The van der Waals surface area contributed by atoms with Crippen LogP contribution in [0.25, 0.3) is 22.4 Å². The zero-order valence-corrected chi connectivity index (χ0v) is 11.8. The predicted molar refractivity (Wildman–Crippen MR) is 73.8 cm³/mol. The molecule has 0 aliphatic carbocycles. The van der Waals surface area contributed by atoms with Crippen molar-refractivity contribution < 1.29 is 4.52 Å². The van der Waals surface area contributed by atoms with Crippen LogP contribution in [-0.4, -0.2) is 25.1 Å². The molecular formula is C12H12N6OS. The van der Waals surface area contributed by atoms with Gasteiger partial charge in [-0.25, -0.2) is 15.0 Å². The van der Waals surface area contributed by atoms with E-state index in [4.69, 9.17) is 10.3 Å². The van der Waals surface area contributed by atoms with Crippen LogP contribution in [0.2, 0.25) is 0 Å². The molecule has 0 radical (unpaired) electrons. The van der Waals surface area contributed by atoms with Gasteiger partial charge in [-0.3, -0.25) is 0 Å². The SMILES string of the molecule is Cc1cnc(-c2noc(-c3sc(CN)nc3C)n2)nc1. The molecule has 8 heteroatoms. The molecule has 0 saturated heterocycles. The van der Waals surface area contributed by atoms with E-state index >= 15 is 0 Å². The molecule has 102 valence electrons. The molecule has 0 fully saturated rings. The number of nitrogens with zero attached hydrogens (tertiary/aromatic N) is 5. The van der Waals surface area contributed by atoms with Gasteiger partial charge in [-0.15, -0.1) is 11.3 Å². The topological polar surface area (TPSA) is 104 Å². The molecule has 3 heterocycles. The van der Waals surface area contributed by atoms with Crippen molar-refractivity contribution in [2.75, 3.05) is 0 Å². The molecule has 3 aromatic rings. The fourth-order valence-electron chi connectivity index (χ4n) is 1.65. The van der Waals surface area contributed by atoms with Crippen LogP contribution in [0.3, 0.4) is 0 Å². The minimum atomic E-state index is 0.363. The summed E-state index contributed by atoms with van der Waals surface area (Å²) in [6.07, 6.45) is 3.42. The molecule has 0 aromatic carbocycles. The fourth-order valence-corrected chi connectivity index (χ4v) is 2.52. The summed E-state index contributed by atoms with van der Waals surface area (Å²) < 4.78 is 5.26. The van der Waals surface area contributed by atoms with Crippen molar-refractivity contribution in [1.82, 2.24) is 25.1 Å². The highest BCUT2D eigenvalue weighted by Gasteiger charge is 2.17. The van der Waals surface area contributed by atoms with Gasteiger partial charge in [-0.2, -0.15) is 4.98 Å². The summed E-state index contributed by atoms with van der Waals surface area (Å²) in [6, 6.07) is 0. The summed E-state index contributed by atoms with van der Waals surface area (Å²) in [5.74, 6) is 1.22. The Morgan fingerprint density at radius 2 is 1.90 bits per heavy atom. The first-order valence-corrected chi connectivity index (χ1v) is 6.78. The number of aryl methyl sites for hydroxylation is 2. The Bertz CT molecular complexity index is 733. The molecule has 3 rings (SSSR count). The molecule has 0 aliphatic rings. The molecule has 0 unspecified atom stereocenters. The van der Waals surface area contributed by atoms with Gasteiger partial charge >= 0.3 is 0 Å². The lowest BCUT2D eigenvalue weighted by Crippen LogP contribution is -1.94. The maximum absolute atomic E-state index is 5.58. The summed E-state index contributed by atoms with van der Waals surface area (Å²) >= 11 is 1.45. The fraction of sp³-hybridized carbons (Fsp3) is 0.250. The Kier molecular flexibility index (Phi) is 3.25. The monoisotopic (exact) mass is 288 g/mol. The smallest absolute Gasteiger partial charge is 0.270 e. The van der Waals surface area contributed by atoms with E-state index < -0.39 is 0 Å². The van der Waals surface area contributed by atoms with E-state index in [-0.39, 0.29) is 0 Å². The third kappa shape index (κ3) is 2.30. The predicted octanol–water partition coefficient (Wildman–Crippen LogP) is 1.73. The van der Waals surface area contributed by atoms with Gasteiger partial charge in [0, 0.05) is 18.9 Å². The second-order valence-electron chi connectivity index (χ2n) is 4.23. The van der Waals surface area contributed by atoms with E-state index in [1.54, 1.807) is 12.4 Å². The summed E-state index contributed by atoms with van der Waals surface area (Å²) in [6.45, 7) is 4.20. The van der Waals surface area contributed by atoms with Gasteiger partial charge < -0.3 is 10.3 Å². The Labute approximate surface area is 118 Å². The maximum Gasteiger partial charge on any atom is 0.270 e. The third-order valence-corrected chi connectivity index (χ3v) is 3.78. The van der Waals surface area contributed by atoms with Crippen LogP contribution in [0.4, 0.5) is 0 Å². The number of thiazole rings is 1. The van der Waals surface area contributed by atoms with Gasteiger partial charge in [0.05, 0.1) is 5.69 Å². The van der Waals surface area contributed by atoms with Crippen molar-refractivity contribution in [3.63, 3.8) is 0 Å². The second kappa shape index (κ2) is 5.06. The van der Waals surface area contributed by atoms with E-state index in [1.807, 2.05) is 13.8 Å². The Morgan fingerprint density at radius 3 is 2.55 bits per heavy atom. The van der Waals surface area contributed by atoms with Crippen molar-refractivity contribution in [3.8, 4) is 22.4 Å². The minimum Gasteiger partial charge on any atom is -0.333 e. The second-order valence-corrected chi connectivity index (χ2v) is 5.32. The molecule has 0 aliphatic heterocycles. The zero-order valence-electron chi connectivity index (χ0n) is 11.0. The van der Waals surface area contributed by atoms with Crippen LogP contribution in [0, 0.1) is 13.8 Å². The lowest BCUT2D eigenvalue weighted by molar-refractivity contribution is 0.432. The summed E-state index contributed by atoms with van der Waals surface area (Å²) in [5.41, 5.74) is 7.39. The molecule has 0 spiro atoms. The van der Waals surface area contributed by atoms with Gasteiger partial charge in [0.2, 0.25) is 11.6 Å². The van der Waals surface area contributed by atoms with Gasteiger partial charge in [-0.05, 0) is 19.4 Å². The van der Waals surface area contributed by atoms with Gasteiger partial charge in [-0.1, -0.05) is 5.16 Å². The number of hydrogen-bond acceptors (Lipinski definition) is 8. The molecule has 0 amide bonds. The molecule has 0 atom stereocenters. The van der Waals surface area contributed by atoms with Crippen molar-refractivity contribution in [3.05, 3.63) is 28.7 Å². The lowest BCUT2D eigenvalue weighted by Gasteiger charge is -1.92. The normalized spacial score (nSPS) is 10.9. The number of aromatic nitrogens is 5. The quantitative estimate of drug-likeness (QED) is 0.782. The standard InChI is InChI=1S/C12H12N6OS/c1-6-4-14-10(15-5-6)11-17-12(19-18-11)9-7(2)16-8(3-13)20-9/h4-5H,3,13H2,1-2H3. The van der Waals surface area contributed by atoms with Crippen molar-refractivity contribution in [2.45, 2.75) is 20.4 Å². The minimum absolute atomic E-state index is 0.363. The van der Waals surface area contributed by atoms with Crippen LogP contribution in [-0.2, 0) is 6.54 Å². The van der Waals surface area contributed by atoms with Crippen LogP contribution in [0.15, 0.2) is 16.9 Å². The zero-order chi connectivity index (χ0) is 14.1. The highest BCUT2D eigenvalue weighted by atomic mass is 32.1. The van der Waals surface area contributed by atoms with Crippen molar-refractivity contribution >= 4 is 11.3 Å². The first-order chi connectivity index (χ1) is 9.67. The van der Waals surface area contributed by atoms with E-state index in [0.29, 0.717) is 24.1 Å². The number of nitrogens with two attached hydrogens (primary N) is 1. The van der Waals surface area contributed by atoms with Crippen LogP contribution in [0.1, 0.15) is 16.3 Å². The highest BCUT2D eigenvalue weighted by molar-refractivity contribution is 7.15. The van der Waals surface area contributed by atoms with E-state index in [2.05, 4.69) is 25.1 Å². The molecular weight excluding hydrogens is 276 g/mol. The third-order valence-electron chi connectivity index (χ3n) is 2.62. The van der Waals surface area contributed by atoms with Gasteiger partial charge in [0.25, 0.3) is 5.89 Å². The maximum atomic E-state index is 5.58. The molecule has 3 aromatic heterocycles. The Balaban J connectivity index is 1.97. The van der Waals surface area contributed by atoms with Gasteiger partial charge in [0.15, 0.2) is 0 Å². The first-order valence-electron chi connectivity index (χ1n) is 5.97. The Hall–Kier alpha value is -2.19. The van der Waals surface area contributed by atoms with E-state index in [1.165, 1.54) is 11.3 Å². The van der Waals surface area contributed by atoms with Crippen LogP contribution < -0.4 is 5.73 Å². The summed E-state index contributed by atoms with van der Waals surface area (Å²) in [7, 11) is 0. The van der Waals surface area contributed by atoms with E-state index in [0.717, 1.165) is 21.1 Å². The average Bonchev–Trinajstić information content (AvgIpc) is 3.06. The first kappa shape index (κ1) is 12.8.